The van der Waals surface area contributed by atoms with E-state index in [4.69, 9.17) is 0 Å². The van der Waals surface area contributed by atoms with Gasteiger partial charge in [0.15, 0.2) is 0 Å². The normalized spacial score (nSPS) is 13.9. The van der Waals surface area contributed by atoms with Gasteiger partial charge in [-0.1, -0.05) is 96.8 Å². The first-order valence-corrected chi connectivity index (χ1v) is 12.5. The molecule has 6 heteroatoms. The minimum Gasteiger partial charge on any atom is -0.748 e. The SMILES string of the molecule is CCCCCCCCCCCCCCC(CCCCC(C)O)S(=O)(=O)[O-].[Na+]. The van der Waals surface area contributed by atoms with Crippen LogP contribution in [-0.2, 0) is 10.1 Å². The number of aliphatic hydroxyl groups excluding tert-OH is 1. The third-order valence-electron chi connectivity index (χ3n) is 5.19. The summed E-state index contributed by atoms with van der Waals surface area (Å²) in [7, 11) is -4.19. The second kappa shape index (κ2) is 20.2. The summed E-state index contributed by atoms with van der Waals surface area (Å²) in [4.78, 5) is 0. The van der Waals surface area contributed by atoms with Gasteiger partial charge in [0.1, 0.15) is 0 Å². The molecule has 0 radical (unpaired) electrons. The zero-order valence-corrected chi connectivity index (χ0v) is 21.1. The second-order valence-corrected chi connectivity index (χ2v) is 9.58. The molecule has 2 unspecified atom stereocenters. The molecule has 27 heavy (non-hydrogen) atoms. The van der Waals surface area contributed by atoms with Gasteiger partial charge in [0.2, 0.25) is 0 Å². The monoisotopic (exact) mass is 414 g/mol. The number of aliphatic hydroxyl groups is 1. The van der Waals surface area contributed by atoms with Crippen LogP contribution in [0.3, 0.4) is 0 Å². The molecule has 0 aromatic carbocycles. The van der Waals surface area contributed by atoms with Crippen molar-refractivity contribution in [2.75, 3.05) is 0 Å². The molecule has 0 amide bonds. The first-order chi connectivity index (χ1) is 12.4. The fourth-order valence-electron chi connectivity index (χ4n) is 3.46. The summed E-state index contributed by atoms with van der Waals surface area (Å²) in [6.45, 7) is 3.97. The standard InChI is InChI=1S/C21H44O4S.Na/c1-3-4-5-6-7-8-9-10-11-12-13-14-18-21(26(23,24)25)19-16-15-17-20(2)22;/h20-22H,3-19H2,1-2H3,(H,23,24,25);/q;+1/p-1. The Morgan fingerprint density at radius 3 is 1.41 bits per heavy atom. The maximum Gasteiger partial charge on any atom is 1.00 e. The largest absolute Gasteiger partial charge is 1.00 e. The molecule has 4 nitrogen and oxygen atoms in total. The first-order valence-electron chi connectivity index (χ1n) is 11.0. The molecule has 0 rings (SSSR count). The average molecular weight is 415 g/mol. The first kappa shape index (κ1) is 30.1. The van der Waals surface area contributed by atoms with Gasteiger partial charge < -0.3 is 9.66 Å². The minimum atomic E-state index is -4.19. The summed E-state index contributed by atoms with van der Waals surface area (Å²) in [5.74, 6) is 0. The van der Waals surface area contributed by atoms with Crippen molar-refractivity contribution in [1.29, 1.82) is 0 Å². The van der Waals surface area contributed by atoms with Crippen LogP contribution < -0.4 is 29.6 Å². The van der Waals surface area contributed by atoms with E-state index in [1.54, 1.807) is 6.92 Å². The molecule has 158 valence electrons. The Labute approximate surface area is 191 Å². The van der Waals surface area contributed by atoms with E-state index in [-0.39, 0.29) is 35.7 Å². The van der Waals surface area contributed by atoms with Crippen LogP contribution in [-0.4, -0.2) is 29.4 Å². The van der Waals surface area contributed by atoms with Gasteiger partial charge in [0.25, 0.3) is 0 Å². The van der Waals surface area contributed by atoms with E-state index in [0.29, 0.717) is 25.7 Å². The molecule has 0 saturated carbocycles. The molecular formula is C21H43NaO4S. The predicted molar refractivity (Wildman–Crippen MR) is 109 cm³/mol. The van der Waals surface area contributed by atoms with Crippen molar-refractivity contribution in [1.82, 2.24) is 0 Å². The van der Waals surface area contributed by atoms with Gasteiger partial charge in [-0.3, -0.25) is 0 Å². The molecule has 1 N–H and O–H groups in total. The Balaban J connectivity index is 0. The Kier molecular flexibility index (Phi) is 22.4. The van der Waals surface area contributed by atoms with Crippen LogP contribution in [0.15, 0.2) is 0 Å². The van der Waals surface area contributed by atoms with Crippen molar-refractivity contribution in [3.63, 3.8) is 0 Å². The number of hydrogen-bond donors (Lipinski definition) is 1. The molecule has 0 aliphatic carbocycles. The average Bonchev–Trinajstić information content (AvgIpc) is 2.56. The fraction of sp³-hybridized carbons (Fsp3) is 1.00. The Morgan fingerprint density at radius 1 is 0.704 bits per heavy atom. The van der Waals surface area contributed by atoms with E-state index in [2.05, 4.69) is 6.92 Å². The van der Waals surface area contributed by atoms with Crippen LogP contribution in [0.25, 0.3) is 0 Å². The number of unbranched alkanes of at least 4 members (excludes halogenated alkanes) is 12. The van der Waals surface area contributed by atoms with Gasteiger partial charge in [-0.2, -0.15) is 0 Å². The van der Waals surface area contributed by atoms with Crippen molar-refractivity contribution in [2.45, 2.75) is 134 Å². The molecule has 0 saturated heterocycles. The smallest absolute Gasteiger partial charge is 0.748 e. The van der Waals surface area contributed by atoms with E-state index in [1.807, 2.05) is 0 Å². The van der Waals surface area contributed by atoms with E-state index >= 15 is 0 Å². The van der Waals surface area contributed by atoms with Crippen molar-refractivity contribution in [2.24, 2.45) is 0 Å². The minimum absolute atomic E-state index is 0. The van der Waals surface area contributed by atoms with Crippen LogP contribution in [0.1, 0.15) is 123 Å². The molecule has 0 heterocycles. The van der Waals surface area contributed by atoms with Crippen molar-refractivity contribution in [3.8, 4) is 0 Å². The Morgan fingerprint density at radius 2 is 1.04 bits per heavy atom. The molecule has 0 aliphatic heterocycles. The second-order valence-electron chi connectivity index (χ2n) is 7.93. The molecule has 0 spiro atoms. The van der Waals surface area contributed by atoms with Crippen molar-refractivity contribution >= 4 is 10.1 Å². The summed E-state index contributed by atoms with van der Waals surface area (Å²) < 4.78 is 34.2. The zero-order chi connectivity index (χ0) is 19.7. The van der Waals surface area contributed by atoms with Gasteiger partial charge in [-0.25, -0.2) is 8.42 Å². The summed E-state index contributed by atoms with van der Waals surface area (Å²) in [6.07, 6.45) is 17.7. The number of hydrogen-bond acceptors (Lipinski definition) is 4. The molecule has 0 aliphatic rings. The van der Waals surface area contributed by atoms with Crippen molar-refractivity contribution < 1.29 is 47.6 Å². The van der Waals surface area contributed by atoms with Crippen LogP contribution in [0.4, 0.5) is 0 Å². The van der Waals surface area contributed by atoms with Gasteiger partial charge in [-0.05, 0) is 26.2 Å². The van der Waals surface area contributed by atoms with Gasteiger partial charge in [-0.15, -0.1) is 0 Å². The fourth-order valence-corrected chi connectivity index (χ4v) is 4.37. The van der Waals surface area contributed by atoms with E-state index in [9.17, 15) is 18.1 Å². The van der Waals surface area contributed by atoms with Crippen LogP contribution >= 0.6 is 0 Å². The third kappa shape index (κ3) is 21.4. The van der Waals surface area contributed by atoms with E-state index < -0.39 is 15.4 Å². The quantitative estimate of drug-likeness (QED) is 0.200. The zero-order valence-electron chi connectivity index (χ0n) is 18.3. The molecule has 0 aromatic heterocycles. The maximum absolute atomic E-state index is 11.4. The van der Waals surface area contributed by atoms with Crippen molar-refractivity contribution in [3.05, 3.63) is 0 Å². The summed E-state index contributed by atoms with van der Waals surface area (Å²) in [5.41, 5.74) is 0. The molecule has 0 aromatic rings. The summed E-state index contributed by atoms with van der Waals surface area (Å²) in [6, 6.07) is 0. The van der Waals surface area contributed by atoms with Gasteiger partial charge in [0, 0.05) is 5.25 Å². The van der Waals surface area contributed by atoms with E-state index in [1.165, 1.54) is 57.8 Å². The van der Waals surface area contributed by atoms with Gasteiger partial charge in [0.05, 0.1) is 16.2 Å². The molecular weight excluding hydrogens is 371 g/mol. The predicted octanol–water partition coefficient (Wildman–Crippen LogP) is 2.94. The Hall–Kier alpha value is 0.870. The summed E-state index contributed by atoms with van der Waals surface area (Å²) in [5, 5.41) is 8.49. The third-order valence-corrected chi connectivity index (χ3v) is 6.47. The molecule has 0 bridgehead atoms. The molecule has 0 fully saturated rings. The summed E-state index contributed by atoms with van der Waals surface area (Å²) >= 11 is 0. The van der Waals surface area contributed by atoms with Crippen LogP contribution in [0, 0.1) is 0 Å². The number of rotatable bonds is 19. The Bertz CT molecular complexity index is 399. The molecule has 2 atom stereocenters. The van der Waals surface area contributed by atoms with Crippen LogP contribution in [0.5, 0.6) is 0 Å². The maximum atomic E-state index is 11.4. The van der Waals surface area contributed by atoms with Crippen LogP contribution in [0.2, 0.25) is 0 Å². The topological polar surface area (TPSA) is 77.4 Å². The van der Waals surface area contributed by atoms with E-state index in [0.717, 1.165) is 25.7 Å². The van der Waals surface area contributed by atoms with Gasteiger partial charge >= 0.3 is 29.6 Å².